The van der Waals surface area contributed by atoms with Crippen molar-refractivity contribution in [2.75, 3.05) is 158 Å². The Balaban J connectivity index is -0.000000143. The van der Waals surface area contributed by atoms with Crippen molar-refractivity contribution >= 4 is 75.8 Å². The fraction of sp³-hybridized carbons (Fsp3) is 1.00. The van der Waals surface area contributed by atoms with Crippen LogP contribution in [-0.2, 0) is 207 Å². The molecule has 6 unspecified atom stereocenters. The molecule has 6 fully saturated rings. The molecule has 0 aromatic carbocycles. The number of rotatable bonds is 6. The van der Waals surface area contributed by atoms with E-state index in [-0.39, 0.29) is 102 Å². The molecule has 6 atom stereocenters. The van der Waals surface area contributed by atoms with Crippen LogP contribution >= 0.6 is 0 Å². The van der Waals surface area contributed by atoms with Crippen molar-refractivity contribution in [1.82, 2.24) is 29.4 Å². The van der Waals surface area contributed by atoms with Gasteiger partial charge >= 0.3 is 85.3 Å². The molecule has 0 aromatic rings. The first kappa shape index (κ1) is 76.0. The first-order valence-corrected chi connectivity index (χ1v) is 20.8. The van der Waals surface area contributed by atoms with Gasteiger partial charge in [0.2, 0.25) is 0 Å². The normalized spacial score (nSPS) is 23.4. The van der Waals surface area contributed by atoms with Gasteiger partial charge in [-0.1, -0.05) is 0 Å². The Morgan fingerprint density at radius 2 is 0.350 bits per heavy atom. The molecule has 4 radical (unpaired) electrons. The Bertz CT molecular complexity index is 697. The van der Waals surface area contributed by atoms with Gasteiger partial charge in [-0.2, -0.15) is 0 Å². The van der Waals surface area contributed by atoms with Crippen LogP contribution in [0.15, 0.2) is 0 Å². The van der Waals surface area contributed by atoms with E-state index in [0.29, 0.717) is 0 Å². The summed E-state index contributed by atoms with van der Waals surface area (Å²) in [7, 11) is 0. The van der Waals surface area contributed by atoms with Crippen LogP contribution in [0.25, 0.3) is 34.4 Å². The molecule has 6 aliphatic rings. The zero-order chi connectivity index (χ0) is 40.1. The summed E-state index contributed by atoms with van der Waals surface area (Å²) in [5.41, 5.74) is 40.1. The number of hydrogen-bond donors (Lipinski definition) is 0. The van der Waals surface area contributed by atoms with E-state index in [0.717, 1.165) is 158 Å². The molecule has 18 nitrogen and oxygen atoms in total. The molecule has 0 bridgehead atoms. The number of hydrogen-bond acceptors (Lipinski definition) is 18. The van der Waals surface area contributed by atoms with Crippen molar-refractivity contribution in [2.45, 2.75) is 33.0 Å². The van der Waals surface area contributed by atoms with Crippen molar-refractivity contribution in [3.05, 3.63) is 34.4 Å². The van der Waals surface area contributed by atoms with Gasteiger partial charge in [-0.05, 0) is 0 Å². The molecular weight excluding hydrogens is 1200 g/mol. The first-order chi connectivity index (χ1) is 25.8. The minimum absolute atomic E-state index is 0. The molecule has 6 N–H and O–H groups in total. The molecule has 0 amide bonds. The van der Waals surface area contributed by atoms with E-state index in [1.807, 2.05) is 29.4 Å². The van der Waals surface area contributed by atoms with Gasteiger partial charge in [0.25, 0.3) is 0 Å². The maximum atomic E-state index is 7.16. The van der Waals surface area contributed by atoms with Gasteiger partial charge in [-0.15, -0.1) is 0 Å². The third kappa shape index (κ3) is 40.4. The number of ether oxygens (including phenoxy) is 6. The van der Waals surface area contributed by atoms with Crippen molar-refractivity contribution in [1.29, 1.82) is 0 Å². The summed E-state index contributed by atoms with van der Waals surface area (Å²) in [5, 5.41) is 0. The van der Waals surface area contributed by atoms with Gasteiger partial charge in [-0.3, -0.25) is 0 Å². The minimum atomic E-state index is -0.478. The Labute approximate surface area is 456 Å². The molecule has 382 valence electrons. The quantitative estimate of drug-likeness (QED) is 0.270. The fourth-order valence-corrected chi connectivity index (χ4v) is 6.14. The van der Waals surface area contributed by atoms with Crippen LogP contribution in [0.4, 0.5) is 0 Å². The van der Waals surface area contributed by atoms with Crippen LogP contribution in [0.1, 0.15) is 0 Å². The topological polar surface area (TPSA) is 218 Å². The maximum absolute atomic E-state index is 7.16. The standard InChI is InChI=1S/6C5H11N2OS.6Cu/c6*6-5(9)7-1-3-8-4-2-7;;;;;;/h6*5-6,9H,1-4H2;;;;;;/q6*-1;;2*+1;3*+2/p-6. The predicted octanol–water partition coefficient (Wildman–Crippen LogP) is 1.19. The SMILES string of the molecule is [Cu+2].[Cu+2].[Cu+2].[Cu+].[Cu+].[Cu].[NH-]C([S-])N1CCOCC1.[NH-]C([S-])N1CCOCC1.[NH-]C([S-])N1CCOCC1.[NH-]C([S-])N1CCOCC1.[NH-]C([S-])N1CCOCC1.[NH-]C([S-])N1CCOCC1. The Kier molecular flexibility index (Phi) is 63.2. The van der Waals surface area contributed by atoms with Crippen molar-refractivity contribution in [3.63, 3.8) is 0 Å². The Morgan fingerprint density at radius 1 is 0.267 bits per heavy atom. The zero-order valence-corrected chi connectivity index (χ0v) is 43.4. The van der Waals surface area contributed by atoms with E-state index in [2.05, 4.69) is 0 Å². The summed E-state index contributed by atoms with van der Waals surface area (Å²) in [6.45, 7) is 18.5. The Morgan fingerprint density at radius 3 is 0.400 bits per heavy atom. The molecule has 6 saturated heterocycles. The van der Waals surface area contributed by atoms with E-state index < -0.39 is 33.0 Å². The predicted molar refractivity (Wildman–Crippen MR) is 227 cm³/mol. The molecule has 6 heterocycles. The molecular formula is C30H60Cu6N12O6S6-4. The first-order valence-electron chi connectivity index (χ1n) is 18.0. The molecule has 0 spiro atoms. The maximum Gasteiger partial charge on any atom is 2.00 e. The van der Waals surface area contributed by atoms with E-state index in [4.69, 9.17) is 139 Å². The molecule has 6 aliphatic heterocycles. The van der Waals surface area contributed by atoms with Gasteiger partial charge in [0.1, 0.15) is 0 Å². The Hall–Kier alpha value is 4.50. The van der Waals surface area contributed by atoms with Crippen LogP contribution in [0, 0.1) is 0 Å². The molecule has 60 heavy (non-hydrogen) atoms. The second kappa shape index (κ2) is 49.9. The summed E-state index contributed by atoms with van der Waals surface area (Å²) in [5.74, 6) is 0. The van der Waals surface area contributed by atoms with E-state index in [1.54, 1.807) is 0 Å². The summed E-state index contributed by atoms with van der Waals surface area (Å²) in [4.78, 5) is 11.5. The minimum Gasteiger partial charge on any atom is -0.797 e. The van der Waals surface area contributed by atoms with Crippen molar-refractivity contribution < 1.29 is 131 Å². The molecule has 0 aromatic heterocycles. The second-order valence-corrected chi connectivity index (χ2v) is 14.7. The third-order valence-electron chi connectivity index (χ3n) is 8.26. The average molecular weight is 1260 g/mol. The fourth-order valence-electron chi connectivity index (χ4n) is 4.87. The van der Waals surface area contributed by atoms with Crippen LogP contribution < -0.4 is 0 Å². The number of morpholine rings is 6. The van der Waals surface area contributed by atoms with Crippen LogP contribution in [-0.4, -0.2) is 220 Å². The van der Waals surface area contributed by atoms with Gasteiger partial charge in [0, 0.05) is 95.6 Å². The third-order valence-corrected chi connectivity index (χ3v) is 10.1. The van der Waals surface area contributed by atoms with Crippen molar-refractivity contribution in [2.24, 2.45) is 0 Å². The number of nitrogens with one attached hydrogen (secondary N) is 6. The summed E-state index contributed by atoms with van der Waals surface area (Å²) >= 11 is 28.4. The molecule has 0 saturated carbocycles. The summed E-state index contributed by atoms with van der Waals surface area (Å²) in [6.07, 6.45) is 0. The average Bonchev–Trinajstić information content (AvgIpc) is 3.21. The van der Waals surface area contributed by atoms with Crippen LogP contribution in [0.5, 0.6) is 0 Å². The summed E-state index contributed by atoms with van der Waals surface area (Å²) < 4.78 is 30.5. The number of nitrogens with zero attached hydrogens (tertiary/aromatic N) is 6. The molecule has 6 rings (SSSR count). The monoisotopic (exact) mass is 1250 g/mol. The molecule has 30 heteroatoms. The zero-order valence-electron chi connectivity index (χ0n) is 32.8. The van der Waals surface area contributed by atoms with Crippen molar-refractivity contribution in [3.8, 4) is 0 Å². The van der Waals surface area contributed by atoms with E-state index in [9.17, 15) is 0 Å². The van der Waals surface area contributed by atoms with Gasteiger partial charge in [0.15, 0.2) is 0 Å². The van der Waals surface area contributed by atoms with Gasteiger partial charge in [-0.25, -0.2) is 33.0 Å². The van der Waals surface area contributed by atoms with E-state index in [1.165, 1.54) is 0 Å². The van der Waals surface area contributed by atoms with Crippen LogP contribution in [0.2, 0.25) is 0 Å². The van der Waals surface area contributed by atoms with Gasteiger partial charge in [0.05, 0.1) is 79.3 Å². The van der Waals surface area contributed by atoms with Crippen LogP contribution in [0.3, 0.4) is 0 Å². The molecule has 0 aliphatic carbocycles. The van der Waals surface area contributed by atoms with Gasteiger partial charge < -0.3 is 168 Å². The second-order valence-electron chi connectivity index (χ2n) is 12.0. The van der Waals surface area contributed by atoms with E-state index >= 15 is 0 Å². The summed E-state index contributed by atoms with van der Waals surface area (Å²) in [6, 6.07) is 0. The smallest absolute Gasteiger partial charge is 0.797 e. The largest absolute Gasteiger partial charge is 2.00 e.